The van der Waals surface area contributed by atoms with E-state index in [4.69, 9.17) is 4.74 Å². The van der Waals surface area contributed by atoms with Crippen LogP contribution in [-0.2, 0) is 9.53 Å². The molecule has 2 heteroatoms. The monoisotopic (exact) mass is 200 g/mol. The van der Waals surface area contributed by atoms with E-state index in [1.807, 2.05) is 13.8 Å². The summed E-state index contributed by atoms with van der Waals surface area (Å²) in [5.74, 6) is 0.599. The Bertz CT molecular complexity index is 173. The Labute approximate surface area is 88.0 Å². The quantitative estimate of drug-likeness (QED) is 0.613. The molecule has 0 aliphatic carbocycles. The standard InChI is InChI=1S/C12H24O2/c1-6-10(2)8-7-9-12(4,5)14-11(3)13/h10H,6-9H2,1-5H3/t10-/m0/s1. The van der Waals surface area contributed by atoms with Crippen LogP contribution in [-0.4, -0.2) is 11.6 Å². The first-order chi connectivity index (χ1) is 6.37. The fourth-order valence-electron chi connectivity index (χ4n) is 1.52. The number of esters is 1. The number of hydrogen-bond acceptors (Lipinski definition) is 2. The molecule has 0 saturated heterocycles. The van der Waals surface area contributed by atoms with Crippen LogP contribution in [0.25, 0.3) is 0 Å². The third-order valence-electron chi connectivity index (χ3n) is 2.59. The molecule has 0 rings (SSSR count). The Morgan fingerprint density at radius 3 is 2.43 bits per heavy atom. The first-order valence-electron chi connectivity index (χ1n) is 5.57. The smallest absolute Gasteiger partial charge is 0.303 e. The lowest BCUT2D eigenvalue weighted by molar-refractivity contribution is -0.154. The summed E-state index contributed by atoms with van der Waals surface area (Å²) in [6, 6.07) is 0. The maximum absolute atomic E-state index is 10.8. The SMILES string of the molecule is CC[C@H](C)CCCC(C)(C)OC(C)=O. The molecule has 84 valence electrons. The maximum atomic E-state index is 10.8. The lowest BCUT2D eigenvalue weighted by Crippen LogP contribution is -2.26. The normalized spacial score (nSPS) is 13.8. The van der Waals surface area contributed by atoms with Crippen LogP contribution in [0.5, 0.6) is 0 Å². The minimum absolute atomic E-state index is 0.182. The Balaban J connectivity index is 3.70. The molecule has 0 aromatic heterocycles. The van der Waals surface area contributed by atoms with Crippen molar-refractivity contribution in [3.63, 3.8) is 0 Å². The van der Waals surface area contributed by atoms with Gasteiger partial charge in [-0.1, -0.05) is 26.7 Å². The van der Waals surface area contributed by atoms with Crippen LogP contribution in [0, 0.1) is 5.92 Å². The van der Waals surface area contributed by atoms with Crippen molar-refractivity contribution in [2.45, 2.75) is 65.9 Å². The van der Waals surface area contributed by atoms with Crippen molar-refractivity contribution in [1.29, 1.82) is 0 Å². The van der Waals surface area contributed by atoms with Crippen molar-refractivity contribution in [1.82, 2.24) is 0 Å². The van der Waals surface area contributed by atoms with Gasteiger partial charge in [-0.3, -0.25) is 4.79 Å². The van der Waals surface area contributed by atoms with Gasteiger partial charge in [-0.05, 0) is 32.6 Å². The Hall–Kier alpha value is -0.530. The van der Waals surface area contributed by atoms with E-state index in [1.54, 1.807) is 0 Å². The Kier molecular flexibility index (Phi) is 5.82. The predicted octanol–water partition coefficient (Wildman–Crippen LogP) is 3.54. The molecule has 0 aromatic rings. The molecule has 0 aliphatic heterocycles. The molecule has 0 unspecified atom stereocenters. The summed E-state index contributed by atoms with van der Waals surface area (Å²) in [6.07, 6.45) is 4.54. The molecule has 0 saturated carbocycles. The van der Waals surface area contributed by atoms with Crippen molar-refractivity contribution in [3.8, 4) is 0 Å². The molecule has 0 amide bonds. The summed E-state index contributed by atoms with van der Waals surface area (Å²) in [7, 11) is 0. The highest BCUT2D eigenvalue weighted by molar-refractivity contribution is 5.66. The van der Waals surface area contributed by atoms with Gasteiger partial charge in [0.2, 0.25) is 0 Å². The van der Waals surface area contributed by atoms with E-state index in [-0.39, 0.29) is 11.6 Å². The van der Waals surface area contributed by atoms with E-state index in [1.165, 1.54) is 19.8 Å². The van der Waals surface area contributed by atoms with E-state index >= 15 is 0 Å². The average Bonchev–Trinajstić information content (AvgIpc) is 2.01. The van der Waals surface area contributed by atoms with E-state index < -0.39 is 0 Å². The summed E-state index contributed by atoms with van der Waals surface area (Å²) >= 11 is 0. The highest BCUT2D eigenvalue weighted by atomic mass is 16.6. The van der Waals surface area contributed by atoms with Crippen molar-refractivity contribution in [2.24, 2.45) is 5.92 Å². The molecule has 0 N–H and O–H groups in total. The lowest BCUT2D eigenvalue weighted by atomic mass is 9.95. The third-order valence-corrected chi connectivity index (χ3v) is 2.59. The largest absolute Gasteiger partial charge is 0.460 e. The number of ether oxygens (including phenoxy) is 1. The zero-order valence-corrected chi connectivity index (χ0v) is 10.2. The fourth-order valence-corrected chi connectivity index (χ4v) is 1.52. The van der Waals surface area contributed by atoms with Crippen LogP contribution >= 0.6 is 0 Å². The van der Waals surface area contributed by atoms with Gasteiger partial charge in [-0.25, -0.2) is 0 Å². The van der Waals surface area contributed by atoms with Crippen LogP contribution in [0.4, 0.5) is 0 Å². The minimum Gasteiger partial charge on any atom is -0.460 e. The van der Waals surface area contributed by atoms with Crippen molar-refractivity contribution >= 4 is 5.97 Å². The number of hydrogen-bond donors (Lipinski definition) is 0. The average molecular weight is 200 g/mol. The van der Waals surface area contributed by atoms with E-state index in [0.29, 0.717) is 0 Å². The molecule has 1 atom stereocenters. The topological polar surface area (TPSA) is 26.3 Å². The van der Waals surface area contributed by atoms with Gasteiger partial charge in [0.15, 0.2) is 0 Å². The molecule has 0 heterocycles. The molecule has 0 aliphatic rings. The summed E-state index contributed by atoms with van der Waals surface area (Å²) in [5, 5.41) is 0. The first-order valence-corrected chi connectivity index (χ1v) is 5.57. The molecule has 0 fully saturated rings. The highest BCUT2D eigenvalue weighted by Gasteiger charge is 2.20. The van der Waals surface area contributed by atoms with Gasteiger partial charge in [0.25, 0.3) is 0 Å². The van der Waals surface area contributed by atoms with Gasteiger partial charge in [0, 0.05) is 6.92 Å². The van der Waals surface area contributed by atoms with Crippen LogP contribution in [0.3, 0.4) is 0 Å². The van der Waals surface area contributed by atoms with Crippen molar-refractivity contribution in [3.05, 3.63) is 0 Å². The van der Waals surface area contributed by atoms with E-state index in [2.05, 4.69) is 13.8 Å². The second-order valence-corrected chi connectivity index (χ2v) is 4.76. The number of carbonyl (C=O) groups excluding carboxylic acids is 1. The van der Waals surface area contributed by atoms with E-state index in [9.17, 15) is 4.79 Å². The minimum atomic E-state index is -0.292. The zero-order chi connectivity index (χ0) is 11.2. The summed E-state index contributed by atoms with van der Waals surface area (Å²) in [5.41, 5.74) is -0.292. The van der Waals surface area contributed by atoms with Crippen molar-refractivity contribution in [2.75, 3.05) is 0 Å². The molecule has 0 radical (unpaired) electrons. The van der Waals surface area contributed by atoms with Crippen LogP contribution < -0.4 is 0 Å². The van der Waals surface area contributed by atoms with Gasteiger partial charge in [-0.2, -0.15) is 0 Å². The second kappa shape index (κ2) is 6.05. The molecule has 0 spiro atoms. The molecule has 0 bridgehead atoms. The molecule has 14 heavy (non-hydrogen) atoms. The number of rotatable bonds is 6. The van der Waals surface area contributed by atoms with Crippen LogP contribution in [0.1, 0.15) is 60.3 Å². The fraction of sp³-hybridized carbons (Fsp3) is 0.917. The Morgan fingerprint density at radius 1 is 1.43 bits per heavy atom. The molecule has 2 nitrogen and oxygen atoms in total. The lowest BCUT2D eigenvalue weighted by Gasteiger charge is -2.24. The van der Waals surface area contributed by atoms with Gasteiger partial charge < -0.3 is 4.74 Å². The molecule has 0 aromatic carbocycles. The van der Waals surface area contributed by atoms with Gasteiger partial charge >= 0.3 is 5.97 Å². The zero-order valence-electron chi connectivity index (χ0n) is 10.2. The second-order valence-electron chi connectivity index (χ2n) is 4.76. The van der Waals surface area contributed by atoms with Gasteiger partial charge in [-0.15, -0.1) is 0 Å². The molecular weight excluding hydrogens is 176 g/mol. The van der Waals surface area contributed by atoms with Crippen molar-refractivity contribution < 1.29 is 9.53 Å². The number of carbonyl (C=O) groups is 1. The van der Waals surface area contributed by atoms with Gasteiger partial charge in [0.1, 0.15) is 5.60 Å². The summed E-state index contributed by atoms with van der Waals surface area (Å²) < 4.78 is 5.21. The highest BCUT2D eigenvalue weighted by Crippen LogP contribution is 2.20. The maximum Gasteiger partial charge on any atom is 0.303 e. The van der Waals surface area contributed by atoms with Crippen LogP contribution in [0.15, 0.2) is 0 Å². The van der Waals surface area contributed by atoms with E-state index in [0.717, 1.165) is 18.8 Å². The van der Waals surface area contributed by atoms with Crippen LogP contribution in [0.2, 0.25) is 0 Å². The first kappa shape index (κ1) is 13.5. The predicted molar refractivity (Wildman–Crippen MR) is 59.2 cm³/mol. The third kappa shape index (κ3) is 6.93. The van der Waals surface area contributed by atoms with Gasteiger partial charge in [0.05, 0.1) is 0 Å². The summed E-state index contributed by atoms with van der Waals surface area (Å²) in [4.78, 5) is 10.8. The summed E-state index contributed by atoms with van der Waals surface area (Å²) in [6.45, 7) is 9.90. The molecular formula is C12H24O2. The Morgan fingerprint density at radius 2 is 2.00 bits per heavy atom.